The minimum absolute atomic E-state index is 0.201. The van der Waals surface area contributed by atoms with Gasteiger partial charge in [-0.05, 0) is 0 Å². The van der Waals surface area contributed by atoms with Crippen LogP contribution in [0.4, 0.5) is 30.7 Å². The van der Waals surface area contributed by atoms with E-state index in [0.717, 1.165) is 6.33 Å². The lowest BCUT2D eigenvalue weighted by molar-refractivity contribution is -0.359. The van der Waals surface area contributed by atoms with Crippen LogP contribution in [0.3, 0.4) is 0 Å². The van der Waals surface area contributed by atoms with E-state index in [1.54, 1.807) is 0 Å². The molecule has 0 aromatic carbocycles. The van der Waals surface area contributed by atoms with Crippen LogP contribution in [-0.4, -0.2) is 22.1 Å². The summed E-state index contributed by atoms with van der Waals surface area (Å²) in [5, 5.41) is 0. The van der Waals surface area contributed by atoms with Crippen molar-refractivity contribution in [2.75, 3.05) is 0 Å². The average molecular weight is 248 g/mol. The predicted octanol–water partition coefficient (Wildman–Crippen LogP) is 2.77. The number of halogens is 7. The van der Waals surface area contributed by atoms with Crippen molar-refractivity contribution in [1.82, 2.24) is 9.97 Å². The molecule has 1 aromatic heterocycles. The van der Waals surface area contributed by atoms with E-state index in [0.29, 0.717) is 0 Å². The first-order valence-corrected chi connectivity index (χ1v) is 3.68. The highest BCUT2D eigenvalue weighted by Gasteiger charge is 2.73. The second-order valence-corrected chi connectivity index (χ2v) is 2.77. The molecule has 0 bridgehead atoms. The van der Waals surface area contributed by atoms with E-state index < -0.39 is 23.6 Å². The summed E-state index contributed by atoms with van der Waals surface area (Å²) in [6.07, 6.45) is -5.23. The molecule has 0 aliphatic carbocycles. The van der Waals surface area contributed by atoms with E-state index in [9.17, 15) is 30.7 Å². The van der Waals surface area contributed by atoms with Gasteiger partial charge in [-0.25, -0.2) is 9.97 Å². The third kappa shape index (κ3) is 1.81. The van der Waals surface area contributed by atoms with Crippen LogP contribution < -0.4 is 0 Å². The van der Waals surface area contributed by atoms with Gasteiger partial charge in [0.25, 0.3) is 0 Å². The first kappa shape index (κ1) is 12.7. The van der Waals surface area contributed by atoms with Crippen molar-refractivity contribution in [3.8, 4) is 0 Å². The number of hydrogen-bond donors (Lipinski definition) is 0. The first-order valence-electron chi connectivity index (χ1n) is 3.68. The molecule has 0 amide bonds. The topological polar surface area (TPSA) is 25.8 Å². The molecule has 16 heavy (non-hydrogen) atoms. The minimum Gasteiger partial charge on any atom is -0.244 e. The van der Waals surface area contributed by atoms with Crippen LogP contribution in [-0.2, 0) is 5.92 Å². The molecule has 1 rings (SSSR count). The van der Waals surface area contributed by atoms with Gasteiger partial charge < -0.3 is 0 Å². The van der Waals surface area contributed by atoms with Crippen LogP contribution in [0, 0.1) is 0 Å². The quantitative estimate of drug-likeness (QED) is 0.752. The van der Waals surface area contributed by atoms with E-state index in [2.05, 4.69) is 9.97 Å². The number of nitrogens with zero attached hydrogens (tertiary/aromatic N) is 2. The Bertz CT molecular complexity index is 359. The molecule has 1 heterocycles. The first-order chi connectivity index (χ1) is 7.11. The molecular weight excluding hydrogens is 245 g/mol. The summed E-state index contributed by atoms with van der Waals surface area (Å²) in [5.41, 5.74) is -1.60. The lowest BCUT2D eigenvalue weighted by atomic mass is 10.1. The third-order valence-corrected chi connectivity index (χ3v) is 1.67. The number of alkyl halides is 7. The molecule has 0 saturated heterocycles. The van der Waals surface area contributed by atoms with Gasteiger partial charge in [0.15, 0.2) is 0 Å². The van der Waals surface area contributed by atoms with Crippen molar-refractivity contribution in [2.45, 2.75) is 18.0 Å². The highest BCUT2D eigenvalue weighted by Crippen LogP contribution is 2.51. The van der Waals surface area contributed by atoms with Crippen molar-refractivity contribution in [1.29, 1.82) is 0 Å². The summed E-state index contributed by atoms with van der Waals surface area (Å²) < 4.78 is 85.9. The minimum atomic E-state index is -6.35. The zero-order valence-corrected chi connectivity index (χ0v) is 7.27. The molecule has 90 valence electrons. The summed E-state index contributed by atoms with van der Waals surface area (Å²) in [5.74, 6) is -11.6. The largest absolute Gasteiger partial charge is 0.460 e. The highest BCUT2D eigenvalue weighted by molar-refractivity contribution is 5.16. The Morgan fingerprint density at radius 2 is 1.25 bits per heavy atom. The lowest BCUT2D eigenvalue weighted by Gasteiger charge is -2.27. The SMILES string of the molecule is FC(F)(F)C(F)(F)C(F)(F)c1cncnc1. The van der Waals surface area contributed by atoms with Gasteiger partial charge in [0.1, 0.15) is 6.33 Å². The van der Waals surface area contributed by atoms with E-state index in [1.165, 1.54) is 0 Å². The molecule has 0 atom stereocenters. The smallest absolute Gasteiger partial charge is 0.244 e. The molecule has 2 nitrogen and oxygen atoms in total. The molecule has 9 heteroatoms. The normalized spacial score (nSPS) is 13.9. The Morgan fingerprint density at radius 3 is 1.62 bits per heavy atom. The molecule has 0 radical (unpaired) electrons. The van der Waals surface area contributed by atoms with Crippen molar-refractivity contribution >= 4 is 0 Å². The number of rotatable bonds is 2. The Balaban J connectivity index is 3.22. The van der Waals surface area contributed by atoms with Crippen LogP contribution in [0.1, 0.15) is 5.56 Å². The zero-order chi connectivity index (χ0) is 12.6. The summed E-state index contributed by atoms with van der Waals surface area (Å²) in [4.78, 5) is 5.91. The molecular formula is C7H3F7N2. The molecule has 1 aromatic rings. The van der Waals surface area contributed by atoms with Crippen LogP contribution in [0.25, 0.3) is 0 Å². The summed E-state index contributed by atoms with van der Waals surface area (Å²) in [7, 11) is 0. The summed E-state index contributed by atoms with van der Waals surface area (Å²) in [6, 6.07) is 0. The van der Waals surface area contributed by atoms with Gasteiger partial charge in [-0.2, -0.15) is 30.7 Å². The highest BCUT2D eigenvalue weighted by atomic mass is 19.4. The van der Waals surface area contributed by atoms with Crippen LogP contribution in [0.15, 0.2) is 18.7 Å². The van der Waals surface area contributed by atoms with Gasteiger partial charge in [0.2, 0.25) is 0 Å². The van der Waals surface area contributed by atoms with Gasteiger partial charge in [-0.1, -0.05) is 0 Å². The molecule has 0 spiro atoms. The van der Waals surface area contributed by atoms with Gasteiger partial charge in [0.05, 0.1) is 5.56 Å². The van der Waals surface area contributed by atoms with Gasteiger partial charge in [-0.15, -0.1) is 0 Å². The van der Waals surface area contributed by atoms with E-state index in [4.69, 9.17) is 0 Å². The maximum Gasteiger partial charge on any atom is 0.460 e. The van der Waals surface area contributed by atoms with E-state index in [1.807, 2.05) is 0 Å². The monoisotopic (exact) mass is 248 g/mol. The van der Waals surface area contributed by atoms with Crippen molar-refractivity contribution in [3.63, 3.8) is 0 Å². The third-order valence-electron chi connectivity index (χ3n) is 1.67. The Hall–Kier alpha value is -1.41. The van der Waals surface area contributed by atoms with Crippen molar-refractivity contribution in [2.24, 2.45) is 0 Å². The van der Waals surface area contributed by atoms with Crippen molar-refractivity contribution in [3.05, 3.63) is 24.3 Å². The Kier molecular flexibility index (Phi) is 2.82. The number of hydrogen-bond acceptors (Lipinski definition) is 2. The average Bonchev–Trinajstić information content (AvgIpc) is 2.17. The fraction of sp³-hybridized carbons (Fsp3) is 0.429. The maximum atomic E-state index is 12.9. The van der Waals surface area contributed by atoms with Gasteiger partial charge in [0, 0.05) is 12.4 Å². The molecule has 0 aliphatic rings. The standard InChI is InChI=1S/C7H3F7N2/c8-5(9,4-1-15-3-16-2-4)6(10,11)7(12,13)14/h1-3H. The van der Waals surface area contributed by atoms with Crippen molar-refractivity contribution < 1.29 is 30.7 Å². The van der Waals surface area contributed by atoms with E-state index in [-0.39, 0.29) is 12.4 Å². The van der Waals surface area contributed by atoms with Crippen LogP contribution >= 0.6 is 0 Å². The van der Waals surface area contributed by atoms with Gasteiger partial charge in [-0.3, -0.25) is 0 Å². The van der Waals surface area contributed by atoms with Gasteiger partial charge >= 0.3 is 18.0 Å². The number of aromatic nitrogens is 2. The lowest BCUT2D eigenvalue weighted by Crippen LogP contribution is -2.50. The predicted molar refractivity (Wildman–Crippen MR) is 36.9 cm³/mol. The van der Waals surface area contributed by atoms with Crippen LogP contribution in [0.5, 0.6) is 0 Å². The molecule has 0 fully saturated rings. The maximum absolute atomic E-state index is 12.9. The molecule has 0 unspecified atom stereocenters. The second kappa shape index (κ2) is 3.56. The zero-order valence-electron chi connectivity index (χ0n) is 7.27. The second-order valence-electron chi connectivity index (χ2n) is 2.77. The molecule has 0 saturated carbocycles. The fourth-order valence-corrected chi connectivity index (χ4v) is 0.821. The van der Waals surface area contributed by atoms with E-state index >= 15 is 0 Å². The Morgan fingerprint density at radius 1 is 0.812 bits per heavy atom. The molecule has 0 aliphatic heterocycles. The molecule has 0 N–H and O–H groups in total. The fourth-order valence-electron chi connectivity index (χ4n) is 0.821. The Labute approximate surface area is 84.1 Å². The summed E-state index contributed by atoms with van der Waals surface area (Å²) in [6.45, 7) is 0. The van der Waals surface area contributed by atoms with Crippen LogP contribution in [0.2, 0.25) is 0 Å². The summed E-state index contributed by atoms with van der Waals surface area (Å²) >= 11 is 0.